The minimum Gasteiger partial charge on any atom is -0.385 e. The molecule has 1 aromatic carbocycles. The molecule has 0 bridgehead atoms. The number of aryl methyl sites for hydroxylation is 1. The lowest BCUT2D eigenvalue weighted by atomic mass is 10.2. The standard InChI is InChI=1S/C20H24N4O2S2/c1-14-12-17(15(2)24(14)10-7-11-26-3)18(25)13-27-20-23-22-19(28-20)21-16-8-5-4-6-9-16/h4-6,8-9,12H,7,10-11,13H2,1-3H3,(H,21,22). The number of aromatic nitrogens is 3. The quantitative estimate of drug-likeness (QED) is 0.293. The summed E-state index contributed by atoms with van der Waals surface area (Å²) < 4.78 is 8.09. The maximum Gasteiger partial charge on any atom is 0.210 e. The van der Waals surface area contributed by atoms with Crippen molar-refractivity contribution in [1.82, 2.24) is 14.8 Å². The Balaban J connectivity index is 1.58. The van der Waals surface area contributed by atoms with Gasteiger partial charge in [0, 0.05) is 42.9 Å². The lowest BCUT2D eigenvalue weighted by Gasteiger charge is -2.09. The molecule has 1 N–H and O–H groups in total. The van der Waals surface area contributed by atoms with Gasteiger partial charge in [0.15, 0.2) is 10.1 Å². The summed E-state index contributed by atoms with van der Waals surface area (Å²) in [5.41, 5.74) is 3.87. The van der Waals surface area contributed by atoms with Crippen molar-refractivity contribution in [2.75, 3.05) is 24.8 Å². The second kappa shape index (κ2) is 9.86. The van der Waals surface area contributed by atoms with Crippen LogP contribution in [-0.2, 0) is 11.3 Å². The van der Waals surface area contributed by atoms with Gasteiger partial charge in [-0.05, 0) is 38.5 Å². The maximum atomic E-state index is 12.7. The van der Waals surface area contributed by atoms with E-state index in [0.29, 0.717) is 12.4 Å². The summed E-state index contributed by atoms with van der Waals surface area (Å²) in [6.07, 6.45) is 0.928. The van der Waals surface area contributed by atoms with Crippen molar-refractivity contribution in [3.63, 3.8) is 0 Å². The number of hydrogen-bond donors (Lipinski definition) is 1. The van der Waals surface area contributed by atoms with Gasteiger partial charge in [-0.1, -0.05) is 41.3 Å². The summed E-state index contributed by atoms with van der Waals surface area (Å²) in [6.45, 7) is 5.62. The van der Waals surface area contributed by atoms with Crippen LogP contribution in [0, 0.1) is 13.8 Å². The summed E-state index contributed by atoms with van der Waals surface area (Å²) in [5.74, 6) is 0.464. The molecular weight excluding hydrogens is 392 g/mol. The first kappa shape index (κ1) is 20.6. The number of carbonyl (C=O) groups is 1. The number of para-hydroxylation sites is 1. The van der Waals surface area contributed by atoms with E-state index in [0.717, 1.165) is 45.1 Å². The number of nitrogens with one attached hydrogen (secondary N) is 1. The number of ether oxygens (including phenoxy) is 1. The van der Waals surface area contributed by atoms with E-state index in [1.54, 1.807) is 7.11 Å². The maximum absolute atomic E-state index is 12.7. The molecule has 2 aromatic heterocycles. The Morgan fingerprint density at radius 3 is 2.79 bits per heavy atom. The van der Waals surface area contributed by atoms with Crippen LogP contribution in [0.15, 0.2) is 40.7 Å². The summed E-state index contributed by atoms with van der Waals surface area (Å²) in [5, 5.41) is 12.3. The largest absolute Gasteiger partial charge is 0.385 e. The zero-order chi connectivity index (χ0) is 19.9. The van der Waals surface area contributed by atoms with Gasteiger partial charge in [-0.3, -0.25) is 4.79 Å². The Bertz CT molecular complexity index is 922. The SMILES string of the molecule is COCCCn1c(C)cc(C(=O)CSc2nnc(Nc3ccccc3)s2)c1C. The Morgan fingerprint density at radius 2 is 2.04 bits per heavy atom. The number of benzene rings is 1. The second-order valence-corrected chi connectivity index (χ2v) is 8.56. The average Bonchev–Trinajstić information content (AvgIpc) is 3.26. The lowest BCUT2D eigenvalue weighted by Crippen LogP contribution is -2.08. The number of nitrogens with zero attached hydrogens (tertiary/aromatic N) is 3. The van der Waals surface area contributed by atoms with Gasteiger partial charge in [0.05, 0.1) is 5.75 Å². The van der Waals surface area contributed by atoms with E-state index < -0.39 is 0 Å². The van der Waals surface area contributed by atoms with Gasteiger partial charge in [0.25, 0.3) is 0 Å². The third-order valence-corrected chi connectivity index (χ3v) is 6.33. The zero-order valence-electron chi connectivity index (χ0n) is 16.3. The predicted octanol–water partition coefficient (Wildman–Crippen LogP) is 4.71. The summed E-state index contributed by atoms with van der Waals surface area (Å²) in [4.78, 5) is 12.7. The molecule has 0 radical (unpaired) electrons. The van der Waals surface area contributed by atoms with Gasteiger partial charge in [0.2, 0.25) is 5.13 Å². The van der Waals surface area contributed by atoms with Crippen molar-refractivity contribution in [3.8, 4) is 0 Å². The number of rotatable bonds is 10. The van der Waals surface area contributed by atoms with E-state index in [9.17, 15) is 4.79 Å². The number of ketones is 1. The molecule has 0 aliphatic heterocycles. The molecule has 0 aliphatic carbocycles. The first-order valence-corrected chi connectivity index (χ1v) is 10.9. The molecule has 2 heterocycles. The average molecular weight is 417 g/mol. The number of hydrogen-bond acceptors (Lipinski definition) is 7. The second-order valence-electron chi connectivity index (χ2n) is 6.36. The van der Waals surface area contributed by atoms with Gasteiger partial charge in [-0.25, -0.2) is 0 Å². The van der Waals surface area contributed by atoms with Crippen LogP contribution in [0.5, 0.6) is 0 Å². The van der Waals surface area contributed by atoms with E-state index in [4.69, 9.17) is 4.74 Å². The Morgan fingerprint density at radius 1 is 1.25 bits per heavy atom. The van der Waals surface area contributed by atoms with E-state index in [-0.39, 0.29) is 5.78 Å². The molecule has 0 atom stereocenters. The monoisotopic (exact) mass is 416 g/mol. The highest BCUT2D eigenvalue weighted by atomic mass is 32.2. The normalized spacial score (nSPS) is 11.0. The molecule has 0 saturated carbocycles. The molecule has 28 heavy (non-hydrogen) atoms. The smallest absolute Gasteiger partial charge is 0.210 e. The first-order valence-electron chi connectivity index (χ1n) is 9.05. The van der Waals surface area contributed by atoms with Crippen LogP contribution in [0.4, 0.5) is 10.8 Å². The molecule has 6 nitrogen and oxygen atoms in total. The van der Waals surface area contributed by atoms with E-state index in [1.807, 2.05) is 50.2 Å². The fourth-order valence-corrected chi connectivity index (χ4v) is 4.62. The number of thioether (sulfide) groups is 1. The van der Waals surface area contributed by atoms with Crippen molar-refractivity contribution in [3.05, 3.63) is 53.3 Å². The van der Waals surface area contributed by atoms with Crippen LogP contribution in [-0.4, -0.2) is 40.0 Å². The minimum atomic E-state index is 0.115. The summed E-state index contributed by atoms with van der Waals surface area (Å²) >= 11 is 2.88. The van der Waals surface area contributed by atoms with Crippen molar-refractivity contribution in [1.29, 1.82) is 0 Å². The van der Waals surface area contributed by atoms with Gasteiger partial charge in [0.1, 0.15) is 0 Å². The molecule has 0 fully saturated rings. The van der Waals surface area contributed by atoms with Gasteiger partial charge in [-0.2, -0.15) is 0 Å². The van der Waals surface area contributed by atoms with E-state index in [2.05, 4.69) is 20.1 Å². The number of Topliss-reactive ketones (excluding diaryl/α,β-unsaturated/α-hetero) is 1. The molecule has 0 saturated heterocycles. The predicted molar refractivity (Wildman–Crippen MR) is 115 cm³/mol. The van der Waals surface area contributed by atoms with E-state index in [1.165, 1.54) is 23.1 Å². The van der Waals surface area contributed by atoms with Gasteiger partial charge >= 0.3 is 0 Å². The Kier molecular flexibility index (Phi) is 7.24. The van der Waals surface area contributed by atoms with Crippen LogP contribution in [0.3, 0.4) is 0 Å². The van der Waals surface area contributed by atoms with Gasteiger partial charge in [-0.15, -0.1) is 10.2 Å². The molecule has 3 aromatic rings. The fourth-order valence-electron chi connectivity index (χ4n) is 2.96. The third kappa shape index (κ3) is 5.21. The summed E-state index contributed by atoms with van der Waals surface area (Å²) in [7, 11) is 1.70. The van der Waals surface area contributed by atoms with Crippen LogP contribution >= 0.6 is 23.1 Å². The Labute approximate surface area is 173 Å². The van der Waals surface area contributed by atoms with E-state index >= 15 is 0 Å². The topological polar surface area (TPSA) is 69.0 Å². The van der Waals surface area contributed by atoms with Crippen LogP contribution < -0.4 is 5.32 Å². The molecule has 0 unspecified atom stereocenters. The molecule has 3 rings (SSSR count). The molecule has 148 valence electrons. The van der Waals surface area contributed by atoms with Crippen molar-refractivity contribution in [2.45, 2.75) is 31.2 Å². The number of carbonyl (C=O) groups excluding carboxylic acids is 1. The highest BCUT2D eigenvalue weighted by molar-refractivity contribution is 8.01. The highest BCUT2D eigenvalue weighted by Gasteiger charge is 2.17. The number of methoxy groups -OCH3 is 1. The fraction of sp³-hybridized carbons (Fsp3) is 0.350. The van der Waals surface area contributed by atoms with Crippen LogP contribution in [0.1, 0.15) is 28.2 Å². The number of anilines is 2. The van der Waals surface area contributed by atoms with Crippen LogP contribution in [0.25, 0.3) is 0 Å². The molecule has 0 spiro atoms. The Hall–Kier alpha value is -2.16. The van der Waals surface area contributed by atoms with Crippen molar-refractivity contribution < 1.29 is 9.53 Å². The third-order valence-electron chi connectivity index (χ3n) is 4.36. The highest BCUT2D eigenvalue weighted by Crippen LogP contribution is 2.28. The summed E-state index contributed by atoms with van der Waals surface area (Å²) in [6, 6.07) is 11.8. The minimum absolute atomic E-state index is 0.115. The zero-order valence-corrected chi connectivity index (χ0v) is 17.9. The molecule has 0 aliphatic rings. The molecule has 8 heteroatoms. The van der Waals surface area contributed by atoms with Gasteiger partial charge < -0.3 is 14.6 Å². The first-order chi connectivity index (χ1) is 13.6. The lowest BCUT2D eigenvalue weighted by molar-refractivity contribution is 0.102. The van der Waals surface area contributed by atoms with Crippen molar-refractivity contribution in [2.24, 2.45) is 0 Å². The molecule has 0 amide bonds. The molecular formula is C20H24N4O2S2. The van der Waals surface area contributed by atoms with Crippen molar-refractivity contribution >= 4 is 39.7 Å². The van der Waals surface area contributed by atoms with Crippen LogP contribution in [0.2, 0.25) is 0 Å².